The molecule has 3 rings (SSSR count). The summed E-state index contributed by atoms with van der Waals surface area (Å²) in [5, 5.41) is 3.09. The van der Waals surface area contributed by atoms with Gasteiger partial charge in [-0.25, -0.2) is 0 Å². The van der Waals surface area contributed by atoms with Crippen molar-refractivity contribution in [2.24, 2.45) is 0 Å². The Balaban J connectivity index is 1.82. The molecule has 2 aromatic rings. The summed E-state index contributed by atoms with van der Waals surface area (Å²) in [6.45, 7) is 5.98. The van der Waals surface area contributed by atoms with Crippen molar-refractivity contribution >= 4 is 5.91 Å². The number of benzene rings is 2. The molecule has 132 valence electrons. The molecule has 3 atom stereocenters. The van der Waals surface area contributed by atoms with Crippen LogP contribution in [0.1, 0.15) is 68.4 Å². The van der Waals surface area contributed by atoms with E-state index in [0.29, 0.717) is 5.92 Å². The first-order chi connectivity index (χ1) is 12.0. The molecule has 1 fully saturated rings. The maximum atomic E-state index is 11.6. The molecule has 2 aromatic carbocycles. The Morgan fingerprint density at radius 1 is 0.960 bits per heavy atom. The SMILES string of the molecule is CC(=O)N[C@H]1C[C@@H](c2ccccc2)O[C@@H](c2ccc(C(C)C)cc2)C1. The largest absolute Gasteiger partial charge is 0.365 e. The summed E-state index contributed by atoms with van der Waals surface area (Å²) in [4.78, 5) is 11.6. The van der Waals surface area contributed by atoms with Gasteiger partial charge in [-0.1, -0.05) is 68.4 Å². The highest BCUT2D eigenvalue weighted by Crippen LogP contribution is 2.39. The fourth-order valence-corrected chi connectivity index (χ4v) is 3.52. The minimum atomic E-state index is -0.00276. The van der Waals surface area contributed by atoms with Crippen molar-refractivity contribution in [3.8, 4) is 0 Å². The van der Waals surface area contributed by atoms with Crippen LogP contribution in [0.25, 0.3) is 0 Å². The highest BCUT2D eigenvalue weighted by Gasteiger charge is 2.31. The first-order valence-corrected chi connectivity index (χ1v) is 9.10. The Kier molecular flexibility index (Phi) is 5.54. The molecule has 0 aromatic heterocycles. The summed E-state index contributed by atoms with van der Waals surface area (Å²) in [6.07, 6.45) is 1.62. The topological polar surface area (TPSA) is 38.3 Å². The van der Waals surface area contributed by atoms with Crippen molar-refractivity contribution in [3.05, 3.63) is 71.3 Å². The van der Waals surface area contributed by atoms with E-state index in [-0.39, 0.29) is 24.2 Å². The van der Waals surface area contributed by atoms with E-state index in [1.165, 1.54) is 16.7 Å². The third-order valence-corrected chi connectivity index (χ3v) is 4.88. The van der Waals surface area contributed by atoms with Gasteiger partial charge < -0.3 is 10.1 Å². The summed E-state index contributed by atoms with van der Waals surface area (Å²) >= 11 is 0. The van der Waals surface area contributed by atoms with Crippen molar-refractivity contribution in [2.75, 3.05) is 0 Å². The van der Waals surface area contributed by atoms with Crippen LogP contribution in [0.3, 0.4) is 0 Å². The summed E-state index contributed by atoms with van der Waals surface area (Å²) < 4.78 is 6.42. The fraction of sp³-hybridized carbons (Fsp3) is 0.409. The second kappa shape index (κ2) is 7.83. The van der Waals surface area contributed by atoms with Crippen LogP contribution in [-0.2, 0) is 9.53 Å². The monoisotopic (exact) mass is 337 g/mol. The van der Waals surface area contributed by atoms with Crippen LogP contribution in [0.5, 0.6) is 0 Å². The average Bonchev–Trinajstić information content (AvgIpc) is 2.61. The van der Waals surface area contributed by atoms with Crippen molar-refractivity contribution < 1.29 is 9.53 Å². The zero-order valence-electron chi connectivity index (χ0n) is 15.2. The summed E-state index contributed by atoms with van der Waals surface area (Å²) in [5.74, 6) is 0.540. The number of hydrogen-bond donors (Lipinski definition) is 1. The molecule has 0 radical (unpaired) electrons. The predicted octanol–water partition coefficient (Wildman–Crippen LogP) is 4.91. The smallest absolute Gasteiger partial charge is 0.217 e. The van der Waals surface area contributed by atoms with Crippen LogP contribution < -0.4 is 5.32 Å². The average molecular weight is 337 g/mol. The van der Waals surface area contributed by atoms with E-state index in [0.717, 1.165) is 12.8 Å². The van der Waals surface area contributed by atoms with Gasteiger partial charge in [-0.3, -0.25) is 4.79 Å². The summed E-state index contributed by atoms with van der Waals surface area (Å²) in [7, 11) is 0. The van der Waals surface area contributed by atoms with E-state index in [1.54, 1.807) is 6.92 Å². The van der Waals surface area contributed by atoms with Gasteiger partial charge in [0.2, 0.25) is 5.91 Å². The normalized spacial score (nSPS) is 23.4. The van der Waals surface area contributed by atoms with Gasteiger partial charge in [-0.2, -0.15) is 0 Å². The molecule has 3 heteroatoms. The van der Waals surface area contributed by atoms with Crippen molar-refractivity contribution in [1.29, 1.82) is 0 Å². The number of carbonyl (C=O) groups excluding carboxylic acids is 1. The molecule has 0 saturated carbocycles. The Hall–Kier alpha value is -2.13. The van der Waals surface area contributed by atoms with Gasteiger partial charge in [-0.15, -0.1) is 0 Å². The van der Waals surface area contributed by atoms with Crippen LogP contribution in [-0.4, -0.2) is 11.9 Å². The lowest BCUT2D eigenvalue weighted by molar-refractivity contribution is -0.122. The zero-order chi connectivity index (χ0) is 17.8. The van der Waals surface area contributed by atoms with Crippen LogP contribution >= 0.6 is 0 Å². The lowest BCUT2D eigenvalue weighted by atomic mass is 9.90. The molecule has 1 heterocycles. The molecule has 1 amide bonds. The van der Waals surface area contributed by atoms with E-state index in [2.05, 4.69) is 55.6 Å². The minimum absolute atomic E-state index is 0.00146. The van der Waals surface area contributed by atoms with Crippen LogP contribution in [0.15, 0.2) is 54.6 Å². The molecule has 0 unspecified atom stereocenters. The van der Waals surface area contributed by atoms with Gasteiger partial charge in [0.15, 0.2) is 0 Å². The Morgan fingerprint density at radius 3 is 2.04 bits per heavy atom. The molecular weight excluding hydrogens is 310 g/mol. The molecule has 1 N–H and O–H groups in total. The van der Waals surface area contributed by atoms with Crippen molar-refractivity contribution in [2.45, 2.75) is 57.8 Å². The highest BCUT2D eigenvalue weighted by atomic mass is 16.5. The van der Waals surface area contributed by atoms with Gasteiger partial charge in [0.05, 0.1) is 12.2 Å². The third-order valence-electron chi connectivity index (χ3n) is 4.88. The molecule has 1 aliphatic rings. The van der Waals surface area contributed by atoms with E-state index in [4.69, 9.17) is 4.74 Å². The van der Waals surface area contributed by atoms with Crippen LogP contribution in [0.2, 0.25) is 0 Å². The van der Waals surface area contributed by atoms with Crippen LogP contribution in [0, 0.1) is 0 Å². The number of amides is 1. The highest BCUT2D eigenvalue weighted by molar-refractivity contribution is 5.73. The Labute approximate surface area is 150 Å². The number of ether oxygens (including phenoxy) is 1. The van der Waals surface area contributed by atoms with Gasteiger partial charge in [0.1, 0.15) is 0 Å². The van der Waals surface area contributed by atoms with Crippen LogP contribution in [0.4, 0.5) is 0 Å². The van der Waals surface area contributed by atoms with Gasteiger partial charge in [0.25, 0.3) is 0 Å². The maximum Gasteiger partial charge on any atom is 0.217 e. The molecule has 0 spiro atoms. The lowest BCUT2D eigenvalue weighted by Crippen LogP contribution is -2.39. The second-order valence-corrected chi connectivity index (χ2v) is 7.21. The van der Waals surface area contributed by atoms with Gasteiger partial charge in [-0.05, 0) is 35.4 Å². The molecule has 0 bridgehead atoms. The second-order valence-electron chi connectivity index (χ2n) is 7.21. The van der Waals surface area contributed by atoms with E-state index >= 15 is 0 Å². The first-order valence-electron chi connectivity index (χ1n) is 9.10. The van der Waals surface area contributed by atoms with E-state index in [1.807, 2.05) is 18.2 Å². The molecule has 3 nitrogen and oxygen atoms in total. The third kappa shape index (κ3) is 4.49. The molecule has 25 heavy (non-hydrogen) atoms. The number of rotatable bonds is 4. The Morgan fingerprint density at radius 2 is 1.52 bits per heavy atom. The number of nitrogens with one attached hydrogen (secondary N) is 1. The molecular formula is C22H27NO2. The van der Waals surface area contributed by atoms with E-state index in [9.17, 15) is 4.79 Å². The van der Waals surface area contributed by atoms with E-state index < -0.39 is 0 Å². The minimum Gasteiger partial charge on any atom is -0.365 e. The molecule has 0 aliphatic carbocycles. The van der Waals surface area contributed by atoms with Crippen molar-refractivity contribution in [3.63, 3.8) is 0 Å². The predicted molar refractivity (Wildman–Crippen MR) is 100 cm³/mol. The summed E-state index contributed by atoms with van der Waals surface area (Å²) in [5.41, 5.74) is 3.68. The quantitative estimate of drug-likeness (QED) is 0.861. The van der Waals surface area contributed by atoms with Gasteiger partial charge >= 0.3 is 0 Å². The zero-order valence-corrected chi connectivity index (χ0v) is 15.2. The standard InChI is InChI=1S/C22H27NO2/c1-15(2)17-9-11-19(12-10-17)22-14-20(23-16(3)24)13-21(25-22)18-7-5-4-6-8-18/h4-12,15,20-22H,13-14H2,1-3H3,(H,23,24)/t20-,21-,22+/m0/s1. The molecule has 1 saturated heterocycles. The van der Waals surface area contributed by atoms with Crippen molar-refractivity contribution in [1.82, 2.24) is 5.32 Å². The lowest BCUT2D eigenvalue weighted by Gasteiger charge is -2.36. The first kappa shape index (κ1) is 17.7. The number of carbonyl (C=O) groups is 1. The number of hydrogen-bond acceptors (Lipinski definition) is 2. The summed E-state index contributed by atoms with van der Waals surface area (Å²) in [6, 6.07) is 19.1. The van der Waals surface area contributed by atoms with Gasteiger partial charge in [0, 0.05) is 13.0 Å². The maximum absolute atomic E-state index is 11.6. The molecule has 1 aliphatic heterocycles. The fourth-order valence-electron chi connectivity index (χ4n) is 3.52. The Bertz CT molecular complexity index is 694.